The number of amides is 2. The van der Waals surface area contributed by atoms with Gasteiger partial charge in [-0.25, -0.2) is 4.79 Å². The number of β-amino-alcohol motifs (C(OH)–C–C–N with tert-alkyl or cyclic N) is 1. The lowest BCUT2D eigenvalue weighted by molar-refractivity contribution is 0.0784. The number of hydrogen-bond acceptors (Lipinski definition) is 3. The summed E-state index contributed by atoms with van der Waals surface area (Å²) in [6.07, 6.45) is 6.62. The van der Waals surface area contributed by atoms with E-state index in [2.05, 4.69) is 10.2 Å². The summed E-state index contributed by atoms with van der Waals surface area (Å²) in [5, 5.41) is 12.8. The predicted octanol–water partition coefficient (Wildman–Crippen LogP) is 1.42. The number of rotatable bonds is 4. The molecule has 20 heavy (non-hydrogen) atoms. The molecule has 2 fully saturated rings. The Labute approximate surface area is 122 Å². The van der Waals surface area contributed by atoms with Crippen LogP contribution in [0, 0.1) is 0 Å². The molecule has 2 rings (SSSR count). The Morgan fingerprint density at radius 1 is 1.20 bits per heavy atom. The van der Waals surface area contributed by atoms with E-state index in [1.54, 1.807) is 0 Å². The van der Waals surface area contributed by atoms with Gasteiger partial charge < -0.3 is 15.3 Å². The first-order valence-electron chi connectivity index (χ1n) is 8.15. The largest absolute Gasteiger partial charge is 0.392 e. The van der Waals surface area contributed by atoms with Crippen molar-refractivity contribution in [3.05, 3.63) is 0 Å². The Morgan fingerprint density at radius 2 is 1.85 bits per heavy atom. The van der Waals surface area contributed by atoms with Gasteiger partial charge in [-0.1, -0.05) is 26.2 Å². The number of hydrogen-bond donors (Lipinski definition) is 2. The lowest BCUT2D eigenvalue weighted by atomic mass is 9.96. The van der Waals surface area contributed by atoms with Crippen molar-refractivity contribution in [3.63, 3.8) is 0 Å². The second-order valence-electron chi connectivity index (χ2n) is 6.13. The van der Waals surface area contributed by atoms with Crippen molar-refractivity contribution in [2.75, 3.05) is 32.7 Å². The highest BCUT2D eigenvalue weighted by molar-refractivity contribution is 5.74. The fourth-order valence-electron chi connectivity index (χ4n) is 3.07. The molecular formula is C15H29N3O2. The standard InChI is InChI=1S/C15H29N3O2/c1-2-14(19)12-17-8-10-18(11-9-17)15(20)16-13-6-4-3-5-7-13/h13-14,19H,2-12H2,1H3,(H,16,20)/t14-/m1/s1. The van der Waals surface area contributed by atoms with Crippen LogP contribution in [-0.4, -0.2) is 65.8 Å². The highest BCUT2D eigenvalue weighted by Crippen LogP contribution is 2.17. The molecule has 5 heteroatoms. The van der Waals surface area contributed by atoms with Gasteiger partial charge in [-0.2, -0.15) is 0 Å². The second-order valence-corrected chi connectivity index (χ2v) is 6.13. The summed E-state index contributed by atoms with van der Waals surface area (Å²) in [6, 6.07) is 0.490. The van der Waals surface area contributed by atoms with Crippen LogP contribution in [0.3, 0.4) is 0 Å². The quantitative estimate of drug-likeness (QED) is 0.820. The van der Waals surface area contributed by atoms with Crippen LogP contribution in [0.1, 0.15) is 45.4 Å². The van der Waals surface area contributed by atoms with Crippen molar-refractivity contribution < 1.29 is 9.90 Å². The van der Waals surface area contributed by atoms with Crippen LogP contribution >= 0.6 is 0 Å². The van der Waals surface area contributed by atoms with E-state index in [0.29, 0.717) is 6.04 Å². The molecule has 2 N–H and O–H groups in total. The van der Waals surface area contributed by atoms with Crippen molar-refractivity contribution in [3.8, 4) is 0 Å². The molecular weight excluding hydrogens is 254 g/mol. The van der Waals surface area contributed by atoms with Crippen molar-refractivity contribution in [2.45, 2.75) is 57.6 Å². The van der Waals surface area contributed by atoms with Crippen molar-refractivity contribution in [1.29, 1.82) is 0 Å². The third kappa shape index (κ3) is 4.63. The number of nitrogens with one attached hydrogen (secondary N) is 1. The van der Waals surface area contributed by atoms with Gasteiger partial charge in [-0.3, -0.25) is 4.90 Å². The van der Waals surface area contributed by atoms with Gasteiger partial charge >= 0.3 is 6.03 Å². The Morgan fingerprint density at radius 3 is 2.45 bits per heavy atom. The third-order valence-corrected chi connectivity index (χ3v) is 4.53. The third-order valence-electron chi connectivity index (χ3n) is 4.53. The molecule has 0 aromatic heterocycles. The minimum atomic E-state index is -0.238. The van der Waals surface area contributed by atoms with Gasteiger partial charge in [0.05, 0.1) is 6.10 Å². The van der Waals surface area contributed by atoms with Crippen LogP contribution in [0.5, 0.6) is 0 Å². The topological polar surface area (TPSA) is 55.8 Å². The molecule has 1 aliphatic carbocycles. The van der Waals surface area contributed by atoms with Gasteiger partial charge in [0, 0.05) is 38.8 Å². The first-order chi connectivity index (χ1) is 9.69. The van der Waals surface area contributed by atoms with Crippen LogP contribution in [0.15, 0.2) is 0 Å². The molecule has 1 aliphatic heterocycles. The zero-order valence-electron chi connectivity index (χ0n) is 12.7. The van der Waals surface area contributed by atoms with E-state index in [-0.39, 0.29) is 12.1 Å². The molecule has 1 saturated heterocycles. The summed E-state index contributed by atoms with van der Waals surface area (Å²) in [5.74, 6) is 0. The summed E-state index contributed by atoms with van der Waals surface area (Å²) >= 11 is 0. The summed E-state index contributed by atoms with van der Waals surface area (Å²) in [7, 11) is 0. The summed E-state index contributed by atoms with van der Waals surface area (Å²) in [5.41, 5.74) is 0. The second kappa shape index (κ2) is 7.84. The van der Waals surface area contributed by atoms with E-state index in [1.165, 1.54) is 19.3 Å². The minimum Gasteiger partial charge on any atom is -0.392 e. The number of aliphatic hydroxyl groups excluding tert-OH is 1. The summed E-state index contributed by atoms with van der Waals surface area (Å²) in [6.45, 7) is 6.02. The number of piperazine rings is 1. The fraction of sp³-hybridized carbons (Fsp3) is 0.933. The number of nitrogens with zero attached hydrogens (tertiary/aromatic N) is 2. The highest BCUT2D eigenvalue weighted by atomic mass is 16.3. The van der Waals surface area contributed by atoms with Crippen molar-refractivity contribution in [2.24, 2.45) is 0 Å². The van der Waals surface area contributed by atoms with Crippen LogP contribution in [0.25, 0.3) is 0 Å². The zero-order valence-corrected chi connectivity index (χ0v) is 12.7. The lowest BCUT2D eigenvalue weighted by Crippen LogP contribution is -2.54. The molecule has 0 unspecified atom stereocenters. The van der Waals surface area contributed by atoms with Crippen LogP contribution in [0.4, 0.5) is 4.79 Å². The van der Waals surface area contributed by atoms with Crippen molar-refractivity contribution in [1.82, 2.24) is 15.1 Å². The van der Waals surface area contributed by atoms with Gasteiger partial charge in [-0.05, 0) is 19.3 Å². The van der Waals surface area contributed by atoms with E-state index in [0.717, 1.165) is 52.0 Å². The molecule has 1 atom stereocenters. The Kier molecular flexibility index (Phi) is 6.10. The SMILES string of the molecule is CC[C@@H](O)CN1CCN(C(=O)NC2CCCCC2)CC1. The van der Waals surface area contributed by atoms with E-state index in [1.807, 2.05) is 11.8 Å². The molecule has 0 aromatic carbocycles. The van der Waals surface area contributed by atoms with Gasteiger partial charge in [0.1, 0.15) is 0 Å². The molecule has 1 heterocycles. The predicted molar refractivity (Wildman–Crippen MR) is 79.7 cm³/mol. The van der Waals surface area contributed by atoms with Crippen LogP contribution < -0.4 is 5.32 Å². The maximum atomic E-state index is 12.2. The average Bonchev–Trinajstić information content (AvgIpc) is 2.49. The maximum Gasteiger partial charge on any atom is 0.317 e. The lowest BCUT2D eigenvalue weighted by Gasteiger charge is -2.36. The van der Waals surface area contributed by atoms with E-state index >= 15 is 0 Å². The Balaban J connectivity index is 1.68. The van der Waals surface area contributed by atoms with Crippen LogP contribution in [0.2, 0.25) is 0 Å². The van der Waals surface area contributed by atoms with E-state index in [9.17, 15) is 9.90 Å². The van der Waals surface area contributed by atoms with E-state index < -0.39 is 0 Å². The number of carbonyl (C=O) groups is 1. The van der Waals surface area contributed by atoms with Crippen LogP contribution in [-0.2, 0) is 0 Å². The average molecular weight is 283 g/mol. The molecule has 0 aromatic rings. The first-order valence-corrected chi connectivity index (χ1v) is 8.15. The molecule has 0 radical (unpaired) electrons. The van der Waals surface area contributed by atoms with E-state index in [4.69, 9.17) is 0 Å². The minimum absolute atomic E-state index is 0.104. The van der Waals surface area contributed by atoms with Crippen molar-refractivity contribution >= 4 is 6.03 Å². The Hall–Kier alpha value is -0.810. The molecule has 5 nitrogen and oxygen atoms in total. The van der Waals surface area contributed by atoms with Gasteiger partial charge in [0.2, 0.25) is 0 Å². The number of aliphatic hydroxyl groups is 1. The molecule has 116 valence electrons. The molecule has 1 saturated carbocycles. The molecule has 2 amide bonds. The first kappa shape index (κ1) is 15.6. The van der Waals surface area contributed by atoms with Gasteiger partial charge in [0.15, 0.2) is 0 Å². The highest BCUT2D eigenvalue weighted by Gasteiger charge is 2.24. The normalized spacial score (nSPS) is 23.6. The molecule has 0 bridgehead atoms. The number of carbonyl (C=O) groups excluding carboxylic acids is 1. The Bertz CT molecular complexity index is 297. The number of urea groups is 1. The van der Waals surface area contributed by atoms with Gasteiger partial charge in [-0.15, -0.1) is 0 Å². The molecule has 2 aliphatic rings. The zero-order chi connectivity index (χ0) is 14.4. The van der Waals surface area contributed by atoms with Gasteiger partial charge in [0.25, 0.3) is 0 Å². The molecule has 0 spiro atoms. The summed E-state index contributed by atoms with van der Waals surface area (Å²) in [4.78, 5) is 16.4. The fourth-order valence-corrected chi connectivity index (χ4v) is 3.07. The smallest absolute Gasteiger partial charge is 0.317 e. The summed E-state index contributed by atoms with van der Waals surface area (Å²) < 4.78 is 0. The maximum absolute atomic E-state index is 12.2. The monoisotopic (exact) mass is 283 g/mol.